The molecule has 0 aliphatic rings. The van der Waals surface area contributed by atoms with Crippen molar-refractivity contribution >= 4 is 17.4 Å². The van der Waals surface area contributed by atoms with Crippen molar-refractivity contribution in [3.05, 3.63) is 34.4 Å². The minimum absolute atomic E-state index is 0.0341. The third-order valence-electron chi connectivity index (χ3n) is 2.68. The van der Waals surface area contributed by atoms with Crippen molar-refractivity contribution in [2.75, 3.05) is 11.9 Å². The average molecular weight is 276 g/mol. The van der Waals surface area contributed by atoms with E-state index < -0.39 is 4.92 Å². The van der Waals surface area contributed by atoms with Crippen LogP contribution in [0.15, 0.2) is 24.3 Å². The summed E-state index contributed by atoms with van der Waals surface area (Å²) in [5.74, 6) is 0. The normalized spacial score (nSPS) is 9.90. The van der Waals surface area contributed by atoms with E-state index in [0.717, 1.165) is 0 Å². The molecule has 7 nitrogen and oxygen atoms in total. The highest BCUT2D eigenvalue weighted by molar-refractivity contribution is 5.89. The van der Waals surface area contributed by atoms with Crippen molar-refractivity contribution in [1.82, 2.24) is 4.90 Å². The molecule has 0 fully saturated rings. The van der Waals surface area contributed by atoms with Crippen LogP contribution in [0, 0.1) is 21.4 Å². The Hall–Kier alpha value is -2.62. The third-order valence-corrected chi connectivity index (χ3v) is 2.68. The van der Waals surface area contributed by atoms with E-state index in [1.54, 1.807) is 0 Å². The van der Waals surface area contributed by atoms with Gasteiger partial charge in [0.2, 0.25) is 0 Å². The van der Waals surface area contributed by atoms with Gasteiger partial charge in [-0.25, -0.2) is 4.79 Å². The predicted octanol–water partition coefficient (Wildman–Crippen LogP) is 2.75. The number of nitrogens with one attached hydrogen (secondary N) is 1. The number of nitrogens with zero attached hydrogens (tertiary/aromatic N) is 3. The van der Waals surface area contributed by atoms with E-state index in [0.29, 0.717) is 12.2 Å². The van der Waals surface area contributed by atoms with Crippen molar-refractivity contribution in [3.63, 3.8) is 0 Å². The Balaban J connectivity index is 2.72. The van der Waals surface area contributed by atoms with E-state index >= 15 is 0 Å². The van der Waals surface area contributed by atoms with Crippen LogP contribution in [0.4, 0.5) is 16.2 Å². The van der Waals surface area contributed by atoms with Crippen LogP contribution in [0.2, 0.25) is 0 Å². The summed E-state index contributed by atoms with van der Waals surface area (Å²) < 4.78 is 0. The number of anilines is 1. The molecule has 2 amide bonds. The zero-order valence-corrected chi connectivity index (χ0v) is 11.4. The number of nitriles is 1. The van der Waals surface area contributed by atoms with Crippen LogP contribution in [0.1, 0.15) is 20.3 Å². The van der Waals surface area contributed by atoms with E-state index in [2.05, 4.69) is 5.32 Å². The van der Waals surface area contributed by atoms with E-state index in [1.807, 2.05) is 19.9 Å². The lowest BCUT2D eigenvalue weighted by Crippen LogP contribution is -2.40. The number of carbonyl (C=O) groups excluding carboxylic acids is 1. The first kappa shape index (κ1) is 15.4. The summed E-state index contributed by atoms with van der Waals surface area (Å²) >= 11 is 0. The Bertz CT molecular complexity index is 519. The summed E-state index contributed by atoms with van der Waals surface area (Å²) in [5, 5.41) is 21.8. The van der Waals surface area contributed by atoms with Gasteiger partial charge < -0.3 is 10.2 Å². The number of carbonyl (C=O) groups is 1. The molecule has 0 bridgehead atoms. The monoisotopic (exact) mass is 276 g/mol. The molecule has 0 aliphatic heterocycles. The first-order valence-corrected chi connectivity index (χ1v) is 6.14. The van der Waals surface area contributed by atoms with Crippen molar-refractivity contribution in [2.45, 2.75) is 26.3 Å². The number of hydrogen-bond donors (Lipinski definition) is 1. The number of nitro groups is 1. The van der Waals surface area contributed by atoms with Crippen molar-refractivity contribution in [2.24, 2.45) is 0 Å². The maximum atomic E-state index is 12.1. The molecule has 0 unspecified atom stereocenters. The fourth-order valence-corrected chi connectivity index (χ4v) is 1.63. The quantitative estimate of drug-likeness (QED) is 0.660. The molecule has 0 spiro atoms. The first-order chi connectivity index (χ1) is 9.45. The second-order valence-corrected chi connectivity index (χ2v) is 4.43. The molecule has 0 heterocycles. The number of benzene rings is 1. The predicted molar refractivity (Wildman–Crippen MR) is 74.2 cm³/mol. The van der Waals surface area contributed by atoms with E-state index in [-0.39, 0.29) is 24.2 Å². The molecule has 20 heavy (non-hydrogen) atoms. The Kier molecular flexibility index (Phi) is 5.47. The van der Waals surface area contributed by atoms with Crippen LogP contribution in [0.25, 0.3) is 0 Å². The van der Waals surface area contributed by atoms with Gasteiger partial charge in [-0.2, -0.15) is 5.26 Å². The Labute approximate surface area is 117 Å². The second kappa shape index (κ2) is 7.09. The van der Waals surface area contributed by atoms with Crippen LogP contribution in [-0.4, -0.2) is 28.4 Å². The molecule has 1 rings (SSSR count). The summed E-state index contributed by atoms with van der Waals surface area (Å²) in [5.41, 5.74) is 0.441. The van der Waals surface area contributed by atoms with Gasteiger partial charge in [0.15, 0.2) is 0 Å². The highest BCUT2D eigenvalue weighted by Gasteiger charge is 2.16. The smallest absolute Gasteiger partial charge is 0.321 e. The summed E-state index contributed by atoms with van der Waals surface area (Å²) in [7, 11) is 0. The molecule has 0 aliphatic carbocycles. The molecule has 1 N–H and O–H groups in total. The number of nitro benzene ring substituents is 1. The van der Waals surface area contributed by atoms with Gasteiger partial charge in [-0.1, -0.05) is 0 Å². The minimum Gasteiger partial charge on any atom is -0.321 e. The lowest BCUT2D eigenvalue weighted by Gasteiger charge is -2.26. The SMILES string of the molecule is CC(C)N(CCC#N)C(=O)Nc1ccc([N+](=O)[O-])cc1. The molecule has 0 saturated heterocycles. The number of rotatable bonds is 5. The fourth-order valence-electron chi connectivity index (χ4n) is 1.63. The van der Waals surface area contributed by atoms with Gasteiger partial charge in [-0.05, 0) is 26.0 Å². The highest BCUT2D eigenvalue weighted by atomic mass is 16.6. The van der Waals surface area contributed by atoms with Gasteiger partial charge in [-0.15, -0.1) is 0 Å². The topological polar surface area (TPSA) is 99.3 Å². The zero-order valence-electron chi connectivity index (χ0n) is 11.4. The van der Waals surface area contributed by atoms with E-state index in [4.69, 9.17) is 5.26 Å². The maximum absolute atomic E-state index is 12.1. The molecule has 1 aromatic rings. The lowest BCUT2D eigenvalue weighted by molar-refractivity contribution is -0.384. The van der Waals surface area contributed by atoms with E-state index in [9.17, 15) is 14.9 Å². The van der Waals surface area contributed by atoms with Gasteiger partial charge in [-0.3, -0.25) is 10.1 Å². The Morgan fingerprint density at radius 1 is 1.45 bits per heavy atom. The molecule has 0 atom stereocenters. The molecule has 106 valence electrons. The van der Waals surface area contributed by atoms with E-state index in [1.165, 1.54) is 29.2 Å². The third kappa shape index (κ3) is 4.24. The molecular formula is C13H16N4O3. The molecular weight excluding hydrogens is 260 g/mol. The average Bonchev–Trinajstić information content (AvgIpc) is 2.39. The molecule has 0 saturated carbocycles. The second-order valence-electron chi connectivity index (χ2n) is 4.43. The van der Waals surface area contributed by atoms with Gasteiger partial charge in [0.05, 0.1) is 17.4 Å². The number of hydrogen-bond acceptors (Lipinski definition) is 4. The summed E-state index contributed by atoms with van der Waals surface area (Å²) in [6.45, 7) is 4.05. The van der Waals surface area contributed by atoms with Crippen LogP contribution < -0.4 is 5.32 Å². The van der Waals surface area contributed by atoms with Gasteiger partial charge in [0.25, 0.3) is 5.69 Å². The van der Waals surface area contributed by atoms with Crippen molar-refractivity contribution < 1.29 is 9.72 Å². The fraction of sp³-hybridized carbons (Fsp3) is 0.385. The molecule has 0 radical (unpaired) electrons. The standard InChI is InChI=1S/C13H16N4O3/c1-10(2)16(9-3-8-14)13(18)15-11-4-6-12(7-5-11)17(19)20/h4-7,10H,3,9H2,1-2H3,(H,15,18). The Morgan fingerprint density at radius 2 is 2.05 bits per heavy atom. The van der Waals surface area contributed by atoms with Crippen LogP contribution >= 0.6 is 0 Å². The zero-order chi connectivity index (χ0) is 15.1. The lowest BCUT2D eigenvalue weighted by atomic mass is 10.2. The molecule has 0 aromatic heterocycles. The van der Waals surface area contributed by atoms with Gasteiger partial charge in [0.1, 0.15) is 0 Å². The highest BCUT2D eigenvalue weighted by Crippen LogP contribution is 2.16. The molecule has 1 aromatic carbocycles. The van der Waals surface area contributed by atoms with Gasteiger partial charge in [0, 0.05) is 30.4 Å². The largest absolute Gasteiger partial charge is 0.322 e. The van der Waals surface area contributed by atoms with Crippen LogP contribution in [-0.2, 0) is 0 Å². The van der Waals surface area contributed by atoms with Crippen molar-refractivity contribution in [1.29, 1.82) is 5.26 Å². The summed E-state index contributed by atoms with van der Waals surface area (Å²) in [4.78, 5) is 23.6. The summed E-state index contributed by atoms with van der Waals surface area (Å²) in [6, 6.07) is 7.22. The molecule has 7 heteroatoms. The first-order valence-electron chi connectivity index (χ1n) is 6.14. The van der Waals surface area contributed by atoms with Crippen LogP contribution in [0.3, 0.4) is 0 Å². The van der Waals surface area contributed by atoms with Crippen LogP contribution in [0.5, 0.6) is 0 Å². The number of amides is 2. The minimum atomic E-state index is -0.501. The maximum Gasteiger partial charge on any atom is 0.322 e. The number of urea groups is 1. The van der Waals surface area contributed by atoms with Crippen molar-refractivity contribution in [3.8, 4) is 6.07 Å². The summed E-state index contributed by atoms with van der Waals surface area (Å²) in [6.07, 6.45) is 0.256. The number of non-ortho nitro benzene ring substituents is 1. The van der Waals surface area contributed by atoms with Gasteiger partial charge >= 0.3 is 6.03 Å². The Morgan fingerprint density at radius 3 is 2.50 bits per heavy atom.